The SMILES string of the molecule is CCOC(=O)CC(N)=Nc1ccc(Cl)cc1. The average molecular weight is 241 g/mol. The van der Waals surface area contributed by atoms with E-state index >= 15 is 0 Å². The van der Waals surface area contributed by atoms with Gasteiger partial charge in [0.1, 0.15) is 12.3 Å². The Bertz CT molecular complexity index is 387. The molecule has 1 aromatic carbocycles. The topological polar surface area (TPSA) is 64.7 Å². The van der Waals surface area contributed by atoms with Crippen LogP contribution in [0.1, 0.15) is 13.3 Å². The summed E-state index contributed by atoms with van der Waals surface area (Å²) in [4.78, 5) is 15.2. The molecule has 1 aromatic rings. The van der Waals surface area contributed by atoms with Crippen molar-refractivity contribution in [3.63, 3.8) is 0 Å². The fourth-order valence-corrected chi connectivity index (χ4v) is 1.21. The van der Waals surface area contributed by atoms with E-state index in [0.717, 1.165) is 0 Å². The molecule has 0 spiro atoms. The molecule has 4 nitrogen and oxygen atoms in total. The highest BCUT2D eigenvalue weighted by atomic mass is 35.5. The van der Waals surface area contributed by atoms with E-state index in [-0.39, 0.29) is 18.2 Å². The van der Waals surface area contributed by atoms with Crippen LogP contribution in [0.3, 0.4) is 0 Å². The summed E-state index contributed by atoms with van der Waals surface area (Å²) in [5.74, 6) is -0.154. The Morgan fingerprint density at radius 2 is 2.06 bits per heavy atom. The van der Waals surface area contributed by atoms with Crippen molar-refractivity contribution in [1.82, 2.24) is 0 Å². The lowest BCUT2D eigenvalue weighted by Gasteiger charge is -2.01. The monoisotopic (exact) mass is 240 g/mol. The maximum atomic E-state index is 11.1. The maximum absolute atomic E-state index is 11.1. The van der Waals surface area contributed by atoms with Crippen LogP contribution in [0.2, 0.25) is 5.02 Å². The van der Waals surface area contributed by atoms with Gasteiger partial charge in [0.15, 0.2) is 0 Å². The van der Waals surface area contributed by atoms with Gasteiger partial charge < -0.3 is 10.5 Å². The third kappa shape index (κ3) is 4.31. The van der Waals surface area contributed by atoms with E-state index in [1.54, 1.807) is 31.2 Å². The molecule has 2 N–H and O–H groups in total. The average Bonchev–Trinajstić information content (AvgIpc) is 2.21. The normalized spacial score (nSPS) is 11.2. The second kappa shape index (κ2) is 6.12. The van der Waals surface area contributed by atoms with Crippen molar-refractivity contribution in [1.29, 1.82) is 0 Å². The van der Waals surface area contributed by atoms with Gasteiger partial charge in [-0.1, -0.05) is 11.6 Å². The molecule has 0 saturated carbocycles. The van der Waals surface area contributed by atoms with E-state index in [1.807, 2.05) is 0 Å². The zero-order chi connectivity index (χ0) is 12.0. The van der Waals surface area contributed by atoms with Gasteiger partial charge in [-0.25, -0.2) is 4.99 Å². The first-order chi connectivity index (χ1) is 7.61. The van der Waals surface area contributed by atoms with E-state index in [2.05, 4.69) is 4.99 Å². The molecule has 0 radical (unpaired) electrons. The molecule has 0 atom stereocenters. The highest BCUT2D eigenvalue weighted by molar-refractivity contribution is 6.30. The lowest BCUT2D eigenvalue weighted by Crippen LogP contribution is -2.18. The molecule has 0 unspecified atom stereocenters. The summed E-state index contributed by atoms with van der Waals surface area (Å²) in [5, 5.41) is 0.628. The lowest BCUT2D eigenvalue weighted by atomic mass is 10.3. The van der Waals surface area contributed by atoms with Crippen LogP contribution in [0.15, 0.2) is 29.3 Å². The number of esters is 1. The van der Waals surface area contributed by atoms with Crippen molar-refractivity contribution in [2.75, 3.05) is 6.61 Å². The minimum Gasteiger partial charge on any atom is -0.466 e. The number of benzene rings is 1. The largest absolute Gasteiger partial charge is 0.466 e. The molecule has 0 bridgehead atoms. The fourth-order valence-electron chi connectivity index (χ4n) is 1.08. The molecule has 86 valence electrons. The van der Waals surface area contributed by atoms with Gasteiger partial charge >= 0.3 is 5.97 Å². The van der Waals surface area contributed by atoms with Crippen LogP contribution in [-0.4, -0.2) is 18.4 Å². The molecule has 5 heteroatoms. The molecule has 0 saturated heterocycles. The predicted molar refractivity (Wildman–Crippen MR) is 64.0 cm³/mol. The third-order valence-electron chi connectivity index (χ3n) is 1.73. The molecule has 0 aliphatic heterocycles. The van der Waals surface area contributed by atoms with Crippen LogP contribution in [0.25, 0.3) is 0 Å². The van der Waals surface area contributed by atoms with Gasteiger partial charge in [0, 0.05) is 5.02 Å². The number of carbonyl (C=O) groups excluding carboxylic acids is 1. The summed E-state index contributed by atoms with van der Waals surface area (Å²) in [5.41, 5.74) is 6.25. The Kier molecular flexibility index (Phi) is 4.79. The van der Waals surface area contributed by atoms with E-state index in [9.17, 15) is 4.79 Å². The summed E-state index contributed by atoms with van der Waals surface area (Å²) in [6, 6.07) is 6.86. The Hall–Kier alpha value is -1.55. The van der Waals surface area contributed by atoms with Crippen molar-refractivity contribution in [3.05, 3.63) is 29.3 Å². The number of ether oxygens (including phenoxy) is 1. The number of nitrogens with zero attached hydrogens (tertiary/aromatic N) is 1. The standard InChI is InChI=1S/C11H13ClN2O2/c1-2-16-11(15)7-10(13)14-9-5-3-8(12)4-6-9/h3-6H,2,7H2,1H3,(H2,13,14). The molecule has 0 aliphatic carbocycles. The quantitative estimate of drug-likeness (QED) is 0.499. The van der Waals surface area contributed by atoms with Gasteiger partial charge in [-0.05, 0) is 31.2 Å². The van der Waals surface area contributed by atoms with Crippen LogP contribution < -0.4 is 5.73 Å². The second-order valence-electron chi connectivity index (χ2n) is 3.06. The first-order valence-corrected chi connectivity index (χ1v) is 5.24. The van der Waals surface area contributed by atoms with Gasteiger partial charge in [-0.3, -0.25) is 4.79 Å². The van der Waals surface area contributed by atoms with Crippen LogP contribution in [0, 0.1) is 0 Å². The maximum Gasteiger partial charge on any atom is 0.313 e. The molecule has 1 rings (SSSR count). The zero-order valence-corrected chi connectivity index (χ0v) is 9.70. The fraction of sp³-hybridized carbons (Fsp3) is 0.273. The van der Waals surface area contributed by atoms with Gasteiger partial charge in [0.25, 0.3) is 0 Å². The van der Waals surface area contributed by atoms with Crippen LogP contribution in [0.4, 0.5) is 5.69 Å². The molecule has 0 heterocycles. The van der Waals surface area contributed by atoms with Crippen molar-refractivity contribution in [3.8, 4) is 0 Å². The molecular formula is C11H13ClN2O2. The third-order valence-corrected chi connectivity index (χ3v) is 1.98. The van der Waals surface area contributed by atoms with Gasteiger partial charge in [0.05, 0.1) is 12.3 Å². The Labute approximate surface area is 99.1 Å². The Balaban J connectivity index is 2.62. The number of aliphatic imine (C=N–C) groups is 1. The van der Waals surface area contributed by atoms with E-state index in [0.29, 0.717) is 17.3 Å². The number of hydrogen-bond donors (Lipinski definition) is 1. The minimum atomic E-state index is -0.377. The Morgan fingerprint density at radius 1 is 1.44 bits per heavy atom. The van der Waals surface area contributed by atoms with Crippen LogP contribution in [-0.2, 0) is 9.53 Å². The summed E-state index contributed by atoms with van der Waals surface area (Å²) >= 11 is 5.72. The number of amidine groups is 1. The zero-order valence-electron chi connectivity index (χ0n) is 8.94. The number of carbonyl (C=O) groups is 1. The van der Waals surface area contributed by atoms with E-state index < -0.39 is 0 Å². The van der Waals surface area contributed by atoms with Crippen LogP contribution in [0.5, 0.6) is 0 Å². The van der Waals surface area contributed by atoms with Gasteiger partial charge in [-0.15, -0.1) is 0 Å². The molecule has 16 heavy (non-hydrogen) atoms. The first-order valence-electron chi connectivity index (χ1n) is 4.86. The van der Waals surface area contributed by atoms with Crippen molar-refractivity contribution >= 4 is 29.1 Å². The van der Waals surface area contributed by atoms with Gasteiger partial charge in [0.2, 0.25) is 0 Å². The van der Waals surface area contributed by atoms with E-state index in [1.165, 1.54) is 0 Å². The number of rotatable bonds is 4. The summed E-state index contributed by atoms with van der Waals surface area (Å²) < 4.78 is 4.75. The molecule has 0 aliphatic rings. The van der Waals surface area contributed by atoms with Crippen LogP contribution >= 0.6 is 11.6 Å². The number of nitrogens with two attached hydrogens (primary N) is 1. The van der Waals surface area contributed by atoms with E-state index in [4.69, 9.17) is 22.1 Å². The second-order valence-corrected chi connectivity index (χ2v) is 3.50. The predicted octanol–water partition coefficient (Wildman–Crippen LogP) is 2.28. The van der Waals surface area contributed by atoms with Crippen molar-refractivity contribution in [2.24, 2.45) is 10.7 Å². The van der Waals surface area contributed by atoms with Gasteiger partial charge in [-0.2, -0.15) is 0 Å². The molecule has 0 fully saturated rings. The lowest BCUT2D eigenvalue weighted by molar-refractivity contribution is -0.141. The minimum absolute atomic E-state index is 0.00351. The molecule has 0 aromatic heterocycles. The Morgan fingerprint density at radius 3 is 2.62 bits per heavy atom. The smallest absolute Gasteiger partial charge is 0.313 e. The summed E-state index contributed by atoms with van der Waals surface area (Å²) in [6.07, 6.45) is -0.00351. The first kappa shape index (κ1) is 12.5. The highest BCUT2D eigenvalue weighted by Gasteiger charge is 2.04. The molecular weight excluding hydrogens is 228 g/mol. The van der Waals surface area contributed by atoms with Crippen molar-refractivity contribution in [2.45, 2.75) is 13.3 Å². The number of hydrogen-bond acceptors (Lipinski definition) is 3. The molecule has 0 amide bonds. The summed E-state index contributed by atoms with van der Waals surface area (Å²) in [7, 11) is 0. The van der Waals surface area contributed by atoms with Crippen molar-refractivity contribution < 1.29 is 9.53 Å². The number of halogens is 1. The highest BCUT2D eigenvalue weighted by Crippen LogP contribution is 2.16. The summed E-state index contributed by atoms with van der Waals surface area (Å²) in [6.45, 7) is 2.08.